The number of benzene rings is 1. The van der Waals surface area contributed by atoms with Crippen molar-refractivity contribution in [2.45, 2.75) is 13.3 Å². The fourth-order valence-electron chi connectivity index (χ4n) is 2.88. The van der Waals surface area contributed by atoms with E-state index >= 15 is 0 Å². The summed E-state index contributed by atoms with van der Waals surface area (Å²) < 4.78 is 5.12. The second kappa shape index (κ2) is 7.38. The Bertz CT molecular complexity index is 746. The molecule has 7 heteroatoms. The van der Waals surface area contributed by atoms with Gasteiger partial charge in [0.2, 0.25) is 5.91 Å². The van der Waals surface area contributed by atoms with Crippen LogP contribution in [-0.4, -0.2) is 65.1 Å². The SMILES string of the molecule is COc1ccc(CC(=O)N2CCN(C(=O)c3cc(C)[nH]n3)CC2)cc1. The first-order valence-electron chi connectivity index (χ1n) is 8.29. The Morgan fingerprint density at radius 1 is 1.12 bits per heavy atom. The zero-order chi connectivity index (χ0) is 17.8. The van der Waals surface area contributed by atoms with Crippen LogP contribution in [0.2, 0.25) is 0 Å². The maximum atomic E-state index is 12.4. The quantitative estimate of drug-likeness (QED) is 0.907. The minimum Gasteiger partial charge on any atom is -0.497 e. The lowest BCUT2D eigenvalue weighted by Crippen LogP contribution is -2.51. The van der Waals surface area contributed by atoms with Gasteiger partial charge in [0, 0.05) is 31.9 Å². The molecule has 1 aliphatic heterocycles. The molecule has 2 aromatic rings. The molecule has 1 aromatic carbocycles. The van der Waals surface area contributed by atoms with E-state index in [0.29, 0.717) is 38.3 Å². The van der Waals surface area contributed by atoms with Gasteiger partial charge in [-0.15, -0.1) is 0 Å². The average Bonchev–Trinajstić information content (AvgIpc) is 3.08. The molecule has 0 unspecified atom stereocenters. The number of rotatable bonds is 4. The summed E-state index contributed by atoms with van der Waals surface area (Å²) in [5.41, 5.74) is 2.24. The highest BCUT2D eigenvalue weighted by molar-refractivity contribution is 5.92. The van der Waals surface area contributed by atoms with Gasteiger partial charge < -0.3 is 14.5 Å². The topological polar surface area (TPSA) is 78.5 Å². The van der Waals surface area contributed by atoms with Gasteiger partial charge in [0.1, 0.15) is 11.4 Å². The van der Waals surface area contributed by atoms with E-state index in [9.17, 15) is 9.59 Å². The molecule has 0 atom stereocenters. The molecule has 3 rings (SSSR count). The number of nitrogens with one attached hydrogen (secondary N) is 1. The lowest BCUT2D eigenvalue weighted by molar-refractivity contribution is -0.131. The van der Waals surface area contributed by atoms with Gasteiger partial charge in [-0.3, -0.25) is 14.7 Å². The van der Waals surface area contributed by atoms with Gasteiger partial charge in [-0.25, -0.2) is 0 Å². The zero-order valence-corrected chi connectivity index (χ0v) is 14.5. The summed E-state index contributed by atoms with van der Waals surface area (Å²) in [5.74, 6) is 0.761. The van der Waals surface area contributed by atoms with Gasteiger partial charge in [0.25, 0.3) is 5.91 Å². The van der Waals surface area contributed by atoms with Crippen LogP contribution < -0.4 is 4.74 Å². The number of methoxy groups -OCH3 is 1. The minimum absolute atomic E-state index is 0.0767. The molecule has 2 heterocycles. The Morgan fingerprint density at radius 3 is 2.32 bits per heavy atom. The highest BCUT2D eigenvalue weighted by atomic mass is 16.5. The first-order valence-corrected chi connectivity index (χ1v) is 8.29. The van der Waals surface area contributed by atoms with Gasteiger partial charge in [-0.1, -0.05) is 12.1 Å². The smallest absolute Gasteiger partial charge is 0.274 e. The molecular weight excluding hydrogens is 320 g/mol. The zero-order valence-electron chi connectivity index (χ0n) is 14.5. The van der Waals surface area contributed by atoms with Gasteiger partial charge in [0.05, 0.1) is 13.5 Å². The number of carbonyl (C=O) groups is 2. The van der Waals surface area contributed by atoms with Gasteiger partial charge in [-0.05, 0) is 30.7 Å². The molecule has 0 saturated carbocycles. The number of carbonyl (C=O) groups excluding carboxylic acids is 2. The van der Waals surface area contributed by atoms with Crippen molar-refractivity contribution in [2.75, 3.05) is 33.3 Å². The summed E-state index contributed by atoms with van der Waals surface area (Å²) in [5, 5.41) is 6.79. The third-order valence-electron chi connectivity index (χ3n) is 4.36. The molecular formula is C18H22N4O3. The van der Waals surface area contributed by atoms with Crippen LogP contribution >= 0.6 is 0 Å². The lowest BCUT2D eigenvalue weighted by Gasteiger charge is -2.34. The van der Waals surface area contributed by atoms with Crippen molar-refractivity contribution in [1.29, 1.82) is 0 Å². The number of hydrogen-bond acceptors (Lipinski definition) is 4. The van der Waals surface area contributed by atoms with Crippen LogP contribution in [0.5, 0.6) is 5.75 Å². The maximum Gasteiger partial charge on any atom is 0.274 e. The van der Waals surface area contributed by atoms with E-state index < -0.39 is 0 Å². The Kier molecular flexibility index (Phi) is 5.02. The highest BCUT2D eigenvalue weighted by Gasteiger charge is 2.25. The molecule has 25 heavy (non-hydrogen) atoms. The molecule has 0 aliphatic carbocycles. The predicted octanol–water partition coefficient (Wildman–Crippen LogP) is 1.25. The average molecular weight is 342 g/mol. The second-order valence-electron chi connectivity index (χ2n) is 6.13. The summed E-state index contributed by atoms with van der Waals surface area (Å²) in [6, 6.07) is 9.24. The van der Waals surface area contributed by atoms with E-state index in [2.05, 4.69) is 10.2 Å². The summed E-state index contributed by atoms with van der Waals surface area (Å²) in [6.07, 6.45) is 0.358. The molecule has 1 N–H and O–H groups in total. The van der Waals surface area contributed by atoms with Crippen molar-refractivity contribution in [2.24, 2.45) is 0 Å². The Hall–Kier alpha value is -2.83. The number of aryl methyl sites for hydroxylation is 1. The maximum absolute atomic E-state index is 12.4. The van der Waals surface area contributed by atoms with Crippen LogP contribution in [0.3, 0.4) is 0 Å². The Balaban J connectivity index is 1.52. The van der Waals surface area contributed by atoms with Gasteiger partial charge >= 0.3 is 0 Å². The number of H-pyrrole nitrogens is 1. The van der Waals surface area contributed by atoms with Gasteiger partial charge in [0.15, 0.2) is 0 Å². The number of aromatic nitrogens is 2. The summed E-state index contributed by atoms with van der Waals surface area (Å²) in [4.78, 5) is 28.4. The van der Waals surface area contributed by atoms with Crippen molar-refractivity contribution >= 4 is 11.8 Å². The number of hydrogen-bond donors (Lipinski definition) is 1. The number of nitrogens with zero attached hydrogens (tertiary/aromatic N) is 3. The van der Waals surface area contributed by atoms with E-state index in [1.54, 1.807) is 18.1 Å². The standard InChI is InChI=1S/C18H22N4O3/c1-13-11-16(20-19-13)18(24)22-9-7-21(8-10-22)17(23)12-14-3-5-15(25-2)6-4-14/h3-6,11H,7-10,12H2,1-2H3,(H,19,20). The van der Waals surface area contributed by atoms with E-state index in [0.717, 1.165) is 17.0 Å². The third-order valence-corrected chi connectivity index (χ3v) is 4.36. The molecule has 132 valence electrons. The lowest BCUT2D eigenvalue weighted by atomic mass is 10.1. The van der Waals surface area contributed by atoms with Crippen LogP contribution in [0.15, 0.2) is 30.3 Å². The first kappa shape index (κ1) is 17.0. The normalized spacial score (nSPS) is 14.5. The molecule has 0 radical (unpaired) electrons. The number of ether oxygens (including phenoxy) is 1. The molecule has 7 nitrogen and oxygen atoms in total. The molecule has 1 saturated heterocycles. The summed E-state index contributed by atoms with van der Waals surface area (Å²) in [7, 11) is 1.62. The molecule has 2 amide bonds. The largest absolute Gasteiger partial charge is 0.497 e. The van der Waals surface area contributed by atoms with Crippen LogP contribution in [0.4, 0.5) is 0 Å². The minimum atomic E-state index is -0.0911. The summed E-state index contributed by atoms with van der Waals surface area (Å²) >= 11 is 0. The monoisotopic (exact) mass is 342 g/mol. The van der Waals surface area contributed by atoms with Crippen molar-refractivity contribution in [3.63, 3.8) is 0 Å². The number of aromatic amines is 1. The molecule has 1 aromatic heterocycles. The Morgan fingerprint density at radius 2 is 1.76 bits per heavy atom. The van der Waals surface area contributed by atoms with E-state index in [1.807, 2.05) is 36.1 Å². The molecule has 1 aliphatic rings. The molecule has 1 fully saturated rings. The van der Waals surface area contributed by atoms with Crippen molar-refractivity contribution in [3.8, 4) is 5.75 Å². The number of piperazine rings is 1. The fraction of sp³-hybridized carbons (Fsp3) is 0.389. The molecule has 0 spiro atoms. The highest BCUT2D eigenvalue weighted by Crippen LogP contribution is 2.14. The first-order chi connectivity index (χ1) is 12.1. The van der Waals surface area contributed by atoms with E-state index in [4.69, 9.17) is 4.74 Å². The third kappa shape index (κ3) is 3.99. The summed E-state index contributed by atoms with van der Waals surface area (Å²) in [6.45, 7) is 4.01. The number of amides is 2. The van der Waals surface area contributed by atoms with E-state index in [-0.39, 0.29) is 11.8 Å². The Labute approximate surface area is 146 Å². The van der Waals surface area contributed by atoms with Crippen LogP contribution in [-0.2, 0) is 11.2 Å². The van der Waals surface area contributed by atoms with E-state index in [1.165, 1.54) is 0 Å². The van der Waals surface area contributed by atoms with Gasteiger partial charge in [-0.2, -0.15) is 5.10 Å². The van der Waals surface area contributed by atoms with Crippen LogP contribution in [0.25, 0.3) is 0 Å². The van der Waals surface area contributed by atoms with Crippen molar-refractivity contribution < 1.29 is 14.3 Å². The predicted molar refractivity (Wildman–Crippen MR) is 92.5 cm³/mol. The molecule has 0 bridgehead atoms. The second-order valence-corrected chi connectivity index (χ2v) is 6.13. The van der Waals surface area contributed by atoms with Crippen LogP contribution in [0, 0.1) is 6.92 Å². The van der Waals surface area contributed by atoms with Crippen LogP contribution in [0.1, 0.15) is 21.7 Å². The fourth-order valence-corrected chi connectivity index (χ4v) is 2.88. The van der Waals surface area contributed by atoms with Crippen molar-refractivity contribution in [1.82, 2.24) is 20.0 Å². The van der Waals surface area contributed by atoms with Crippen molar-refractivity contribution in [3.05, 3.63) is 47.3 Å².